The van der Waals surface area contributed by atoms with Crippen molar-refractivity contribution in [1.29, 1.82) is 0 Å². The summed E-state index contributed by atoms with van der Waals surface area (Å²) in [6, 6.07) is 7.64. The Morgan fingerprint density at radius 1 is 1.12 bits per heavy atom. The van der Waals surface area contributed by atoms with Crippen molar-refractivity contribution in [3.63, 3.8) is 0 Å². The lowest BCUT2D eigenvalue weighted by atomic mass is 9.97. The Balaban J connectivity index is 1.37. The molecule has 1 aromatic rings. The minimum Gasteiger partial charge on any atom is -0.334 e. The first kappa shape index (κ1) is 18.3. The van der Waals surface area contributed by atoms with E-state index in [1.54, 1.807) is 5.57 Å². The number of carbonyl (C=O) groups is 1. The van der Waals surface area contributed by atoms with Crippen LogP contribution < -0.4 is 5.32 Å². The van der Waals surface area contributed by atoms with Crippen LogP contribution in [0, 0.1) is 0 Å². The summed E-state index contributed by atoms with van der Waals surface area (Å²) in [6.07, 6.45) is 8.87. The summed E-state index contributed by atoms with van der Waals surface area (Å²) in [7, 11) is 0. The van der Waals surface area contributed by atoms with Crippen LogP contribution in [0.5, 0.6) is 0 Å². The van der Waals surface area contributed by atoms with Crippen molar-refractivity contribution in [2.75, 3.05) is 32.7 Å². The van der Waals surface area contributed by atoms with Gasteiger partial charge in [0, 0.05) is 44.3 Å². The van der Waals surface area contributed by atoms with Gasteiger partial charge in [-0.15, -0.1) is 0 Å². The number of amides is 2. The van der Waals surface area contributed by atoms with E-state index in [2.05, 4.69) is 16.3 Å². The number of nitrogens with zero attached hydrogens (tertiary/aromatic N) is 2. The Hall–Kier alpha value is -1.52. The van der Waals surface area contributed by atoms with Crippen LogP contribution in [0.25, 0.3) is 0 Å². The van der Waals surface area contributed by atoms with E-state index in [9.17, 15) is 4.79 Å². The Kier molecular flexibility index (Phi) is 6.76. The normalized spacial score (nSPS) is 18.8. The van der Waals surface area contributed by atoms with Crippen LogP contribution in [-0.4, -0.2) is 48.6 Å². The molecule has 1 saturated heterocycles. The van der Waals surface area contributed by atoms with Crippen LogP contribution in [0.1, 0.15) is 37.7 Å². The summed E-state index contributed by atoms with van der Waals surface area (Å²) in [5.41, 5.74) is 2.59. The molecule has 0 aromatic heterocycles. The van der Waals surface area contributed by atoms with Gasteiger partial charge in [0.15, 0.2) is 0 Å². The molecule has 136 valence electrons. The van der Waals surface area contributed by atoms with E-state index >= 15 is 0 Å². The van der Waals surface area contributed by atoms with E-state index in [1.165, 1.54) is 32.1 Å². The predicted molar refractivity (Wildman–Crippen MR) is 103 cm³/mol. The van der Waals surface area contributed by atoms with Gasteiger partial charge in [-0.05, 0) is 43.7 Å². The first-order chi connectivity index (χ1) is 12.2. The maximum Gasteiger partial charge on any atom is 0.317 e. The van der Waals surface area contributed by atoms with Crippen LogP contribution >= 0.6 is 11.6 Å². The molecule has 4 nitrogen and oxygen atoms in total. The molecule has 2 amide bonds. The van der Waals surface area contributed by atoms with Gasteiger partial charge in [-0.25, -0.2) is 4.79 Å². The average Bonchev–Trinajstić information content (AvgIpc) is 2.67. The molecular weight excluding hydrogens is 334 g/mol. The number of piperazine rings is 1. The number of allylic oxidation sites excluding steroid dienone is 1. The lowest BCUT2D eigenvalue weighted by molar-refractivity contribution is 0.139. The third-order valence-electron chi connectivity index (χ3n) is 5.18. The zero-order valence-corrected chi connectivity index (χ0v) is 15.6. The highest BCUT2D eigenvalue weighted by Gasteiger charge is 2.21. The van der Waals surface area contributed by atoms with Gasteiger partial charge in [-0.1, -0.05) is 41.4 Å². The number of halogens is 1. The second-order valence-electron chi connectivity index (χ2n) is 6.94. The summed E-state index contributed by atoms with van der Waals surface area (Å²) >= 11 is 6.14. The van der Waals surface area contributed by atoms with Gasteiger partial charge >= 0.3 is 6.03 Å². The summed E-state index contributed by atoms with van der Waals surface area (Å²) in [6.45, 7) is 5.13. The molecule has 3 rings (SSSR count). The molecule has 0 radical (unpaired) electrons. The van der Waals surface area contributed by atoms with Gasteiger partial charge in [0.05, 0.1) is 0 Å². The Morgan fingerprint density at radius 2 is 1.92 bits per heavy atom. The fraction of sp³-hybridized carbons (Fsp3) is 0.550. The van der Waals surface area contributed by atoms with Gasteiger partial charge in [0.25, 0.3) is 0 Å². The molecule has 0 atom stereocenters. The first-order valence-corrected chi connectivity index (χ1v) is 9.76. The largest absolute Gasteiger partial charge is 0.334 e. The molecular formula is C20H28ClN3O. The number of nitrogens with one attached hydrogen (secondary N) is 1. The van der Waals surface area contributed by atoms with E-state index in [1.807, 2.05) is 29.2 Å². The molecule has 25 heavy (non-hydrogen) atoms. The number of hydrogen-bond acceptors (Lipinski definition) is 2. The zero-order chi connectivity index (χ0) is 17.5. The van der Waals surface area contributed by atoms with Crippen LogP contribution in [0.15, 0.2) is 35.9 Å². The van der Waals surface area contributed by atoms with E-state index in [0.717, 1.165) is 38.3 Å². The van der Waals surface area contributed by atoms with Crippen molar-refractivity contribution in [3.8, 4) is 0 Å². The Bertz CT molecular complexity index is 609. The lowest BCUT2D eigenvalue weighted by Crippen LogP contribution is -2.51. The summed E-state index contributed by atoms with van der Waals surface area (Å²) < 4.78 is 0. The van der Waals surface area contributed by atoms with Gasteiger partial charge < -0.3 is 10.2 Å². The number of carbonyl (C=O) groups excluding carboxylic acids is 1. The summed E-state index contributed by atoms with van der Waals surface area (Å²) in [5, 5.41) is 3.68. The van der Waals surface area contributed by atoms with E-state index in [0.29, 0.717) is 11.6 Å². The molecule has 0 unspecified atom stereocenters. The van der Waals surface area contributed by atoms with Crippen LogP contribution in [0.2, 0.25) is 5.02 Å². The molecule has 1 aliphatic carbocycles. The SMILES string of the molecule is O=C(NCc1ccccc1Cl)N1CCN(CCC2=CCCCC2)CC1. The van der Waals surface area contributed by atoms with Crippen molar-refractivity contribution in [2.45, 2.75) is 38.6 Å². The van der Waals surface area contributed by atoms with Gasteiger partial charge in [-0.3, -0.25) is 4.90 Å². The van der Waals surface area contributed by atoms with Crippen molar-refractivity contribution >= 4 is 17.6 Å². The zero-order valence-electron chi connectivity index (χ0n) is 14.8. The summed E-state index contributed by atoms with van der Waals surface area (Å²) in [4.78, 5) is 16.7. The molecule has 1 aromatic carbocycles. The van der Waals surface area contributed by atoms with Crippen LogP contribution in [0.3, 0.4) is 0 Å². The second-order valence-corrected chi connectivity index (χ2v) is 7.34. The van der Waals surface area contributed by atoms with Crippen molar-refractivity contribution in [3.05, 3.63) is 46.5 Å². The van der Waals surface area contributed by atoms with E-state index in [4.69, 9.17) is 11.6 Å². The lowest BCUT2D eigenvalue weighted by Gasteiger charge is -2.35. The van der Waals surface area contributed by atoms with Crippen LogP contribution in [-0.2, 0) is 6.54 Å². The Morgan fingerprint density at radius 3 is 2.64 bits per heavy atom. The van der Waals surface area contributed by atoms with E-state index < -0.39 is 0 Å². The number of benzene rings is 1. The third kappa shape index (κ3) is 5.48. The quantitative estimate of drug-likeness (QED) is 0.803. The molecule has 0 bridgehead atoms. The standard InChI is InChI=1S/C20H28ClN3O/c21-19-9-5-4-8-18(19)16-22-20(25)24-14-12-23(13-15-24)11-10-17-6-2-1-3-7-17/h4-6,8-9H,1-3,7,10-16H2,(H,22,25). The molecule has 5 heteroatoms. The smallest absolute Gasteiger partial charge is 0.317 e. The average molecular weight is 362 g/mol. The monoisotopic (exact) mass is 361 g/mol. The molecule has 0 saturated carbocycles. The molecule has 2 aliphatic rings. The highest BCUT2D eigenvalue weighted by atomic mass is 35.5. The van der Waals surface area contributed by atoms with Crippen LogP contribution in [0.4, 0.5) is 4.79 Å². The van der Waals surface area contributed by atoms with Crippen molar-refractivity contribution in [2.24, 2.45) is 0 Å². The molecule has 1 aliphatic heterocycles. The van der Waals surface area contributed by atoms with Crippen molar-refractivity contribution in [1.82, 2.24) is 15.1 Å². The maximum atomic E-state index is 12.3. The number of hydrogen-bond donors (Lipinski definition) is 1. The predicted octanol–water partition coefficient (Wildman–Crippen LogP) is 4.06. The van der Waals surface area contributed by atoms with Gasteiger partial charge in [0.2, 0.25) is 0 Å². The number of rotatable bonds is 5. The summed E-state index contributed by atoms with van der Waals surface area (Å²) in [5.74, 6) is 0. The van der Waals surface area contributed by atoms with Gasteiger partial charge in [0.1, 0.15) is 0 Å². The second kappa shape index (κ2) is 9.25. The van der Waals surface area contributed by atoms with Crippen molar-refractivity contribution < 1.29 is 4.79 Å². The fourth-order valence-corrected chi connectivity index (χ4v) is 3.73. The fourth-order valence-electron chi connectivity index (χ4n) is 3.53. The topological polar surface area (TPSA) is 35.6 Å². The molecule has 1 heterocycles. The minimum absolute atomic E-state index is 0.00885. The third-order valence-corrected chi connectivity index (χ3v) is 5.55. The minimum atomic E-state index is 0.00885. The highest BCUT2D eigenvalue weighted by Crippen LogP contribution is 2.20. The number of urea groups is 1. The molecule has 1 fully saturated rings. The van der Waals surface area contributed by atoms with Gasteiger partial charge in [-0.2, -0.15) is 0 Å². The molecule has 1 N–H and O–H groups in total. The highest BCUT2D eigenvalue weighted by molar-refractivity contribution is 6.31. The molecule has 0 spiro atoms. The Labute approximate surface area is 155 Å². The van der Waals surface area contributed by atoms with E-state index in [-0.39, 0.29) is 6.03 Å². The first-order valence-electron chi connectivity index (χ1n) is 9.39. The maximum absolute atomic E-state index is 12.3.